The molecule has 0 spiro atoms. The number of hydrogen-bond donors (Lipinski definition) is 7. The molecule has 8 aromatic rings. The molecule has 0 amide bonds. The van der Waals surface area contributed by atoms with Crippen molar-refractivity contribution in [2.24, 2.45) is 40.9 Å². The lowest BCUT2D eigenvalue weighted by atomic mass is 10.1. The molecule has 7 N–H and O–H groups in total. The maximum absolute atomic E-state index is 11.4. The second-order valence-corrected chi connectivity index (χ2v) is 22.9. The second kappa shape index (κ2) is 46.0. The van der Waals surface area contributed by atoms with Crippen LogP contribution in [0.3, 0.4) is 0 Å². The topological polar surface area (TPSA) is 336 Å². The molecule has 0 aliphatic rings. The number of halogens is 1. The molecule has 0 fully saturated rings. The van der Waals surface area contributed by atoms with Gasteiger partial charge in [0, 0.05) is 61.4 Å². The number of allylic oxidation sites excluding steroid dienone is 1. The van der Waals surface area contributed by atoms with E-state index in [0.29, 0.717) is 113 Å². The van der Waals surface area contributed by atoms with Crippen LogP contribution in [0.15, 0.2) is 259 Å². The van der Waals surface area contributed by atoms with E-state index in [0.717, 1.165) is 44.5 Å². The molecule has 8 rings (SSSR count). The van der Waals surface area contributed by atoms with Gasteiger partial charge < -0.3 is 50.0 Å². The summed E-state index contributed by atoms with van der Waals surface area (Å²) >= 11 is 4.87. The van der Waals surface area contributed by atoms with Crippen LogP contribution in [-0.2, 0) is 71.9 Å². The van der Waals surface area contributed by atoms with Crippen molar-refractivity contribution in [3.63, 3.8) is 0 Å². The van der Waals surface area contributed by atoms with Crippen LogP contribution < -0.4 is 0 Å². The lowest BCUT2D eigenvalue weighted by Crippen LogP contribution is -2.07. The van der Waals surface area contributed by atoms with E-state index < -0.39 is 17.2 Å². The Morgan fingerprint density at radius 1 is 0.333 bits per heavy atom. The summed E-state index contributed by atoms with van der Waals surface area (Å²) in [6.07, 6.45) is 3.44. The van der Waals surface area contributed by atoms with Crippen molar-refractivity contribution >= 4 is 80.3 Å². The number of aryl methyl sites for hydroxylation is 2. The van der Waals surface area contributed by atoms with Gasteiger partial charge in [0.2, 0.25) is 5.24 Å². The largest absolute Gasteiger partial charge is 0.506 e. The molecule has 0 saturated heterocycles. The fraction of sp³-hybridized carbons (Fsp3) is 0.241. The van der Waals surface area contributed by atoms with Crippen LogP contribution in [0.1, 0.15) is 79.6 Å². The normalized spacial score (nSPS) is 10.6. The number of rotatable bonds is 27. The Hall–Kier alpha value is -11.4. The summed E-state index contributed by atoms with van der Waals surface area (Å²) in [5.74, 6) is -0.942. The number of aromatic hydroxyl groups is 4. The van der Waals surface area contributed by atoms with Crippen molar-refractivity contribution in [2.75, 3.05) is 39.6 Å². The zero-order chi connectivity index (χ0) is 74.2. The highest BCUT2D eigenvalue weighted by Gasteiger charge is 2.10. The SMILES string of the molecule is C.C=C(C)C(=O)Cl.C=C(C)C(=O)OCCc1ccc(N=Nc2cc(C)ccc2O)cc1.C=C(C)C(=O)OCCc1ccc(N=Nc2cc(CCOC(=O)C(=C)C)ccc2O)cc1.Cc1ccc(O)c(N=Nc2ccc(CCO)cc2)c1.OCCc1ccc(N=Nc2cc(CCO)ccc2O)cc1. The Labute approximate surface area is 600 Å². The number of carbonyl (C=O) groups excluding carboxylic acids is 4. The van der Waals surface area contributed by atoms with E-state index in [1.165, 1.54) is 6.07 Å². The zero-order valence-corrected chi connectivity index (χ0v) is 58.2. The van der Waals surface area contributed by atoms with Crippen molar-refractivity contribution in [1.82, 2.24) is 0 Å². The number of benzene rings is 8. The molecule has 0 unspecified atom stereocenters. The average molecular weight is 1410 g/mol. The Bertz CT molecular complexity index is 4180. The first-order chi connectivity index (χ1) is 48.3. The van der Waals surface area contributed by atoms with E-state index in [9.17, 15) is 39.6 Å². The van der Waals surface area contributed by atoms with Gasteiger partial charge in [0.25, 0.3) is 0 Å². The summed E-state index contributed by atoms with van der Waals surface area (Å²) in [4.78, 5) is 43.9. The molecule has 536 valence electrons. The molecule has 0 aromatic heterocycles. The molecule has 22 nitrogen and oxygen atoms in total. The molecule has 0 heterocycles. The third kappa shape index (κ3) is 33.0. The molecular formula is C79H89ClN8O14. The first-order valence-corrected chi connectivity index (χ1v) is 32.1. The molecule has 23 heteroatoms. The summed E-state index contributed by atoms with van der Waals surface area (Å²) in [5, 5.41) is 98.0. The zero-order valence-electron chi connectivity index (χ0n) is 57.4. The summed E-state index contributed by atoms with van der Waals surface area (Å²) in [5.41, 5.74) is 13.6. The number of carbonyl (C=O) groups is 4. The molecule has 0 radical (unpaired) electrons. The highest BCUT2D eigenvalue weighted by molar-refractivity contribution is 6.67. The standard InChI is InChI=1S/C24H26N2O5.C19H20N2O3.C16H18N2O3.C15H16N2O2.C4H5ClO.CH4/c1-16(2)23(28)30-13-11-18-5-8-20(9-6-18)25-26-21-15-19(7-10-22(21)27)12-14-31-24(29)17(3)4;1-13(2)19(23)24-11-10-15-5-7-16(8-6-15)20-21-17-12-14(3)4-9-18(17)22;19-9-7-12-1-4-14(5-2-12)17-18-15-11-13(8-10-20)3-6-16(15)21;1-11-2-7-15(19)14(10-11)17-16-13-5-3-12(4-6-13)8-9-18;1-3(2)4(5)6;/h5-10,15,27H,1,3,11-14H2,2,4H3;4-9,12,22H,1,10-11H2,2-3H3;1-6,11,19-21H,7-10H2;2-7,10,18-19H,8-9H2,1H3;1H2,2H3;1H4. The van der Waals surface area contributed by atoms with Crippen LogP contribution in [0.2, 0.25) is 0 Å². The van der Waals surface area contributed by atoms with E-state index in [1.54, 1.807) is 94.4 Å². The van der Waals surface area contributed by atoms with Crippen molar-refractivity contribution in [3.8, 4) is 23.0 Å². The molecule has 0 aliphatic heterocycles. The third-order valence-electron chi connectivity index (χ3n) is 13.6. The quantitative estimate of drug-likeness (QED) is 0.00828. The number of phenols is 4. The lowest BCUT2D eigenvalue weighted by molar-refractivity contribution is -0.139. The van der Waals surface area contributed by atoms with Crippen molar-refractivity contribution in [1.29, 1.82) is 0 Å². The fourth-order valence-corrected chi connectivity index (χ4v) is 7.94. The minimum Gasteiger partial charge on any atom is -0.506 e. The fourth-order valence-electron chi connectivity index (χ4n) is 7.94. The molecular weight excluding hydrogens is 1320 g/mol. The number of esters is 3. The molecule has 0 saturated carbocycles. The smallest absolute Gasteiger partial charge is 0.333 e. The number of azo groups is 4. The monoisotopic (exact) mass is 1410 g/mol. The van der Waals surface area contributed by atoms with Crippen LogP contribution in [-0.4, -0.2) is 98.5 Å². The van der Waals surface area contributed by atoms with Gasteiger partial charge in [-0.2, -0.15) is 20.5 Å². The van der Waals surface area contributed by atoms with Crippen molar-refractivity contribution in [2.45, 2.75) is 87.5 Å². The van der Waals surface area contributed by atoms with Gasteiger partial charge in [-0.3, -0.25) is 4.79 Å². The summed E-state index contributed by atoms with van der Waals surface area (Å²) in [6.45, 7) is 25.2. The van der Waals surface area contributed by atoms with Gasteiger partial charge in [-0.25, -0.2) is 14.4 Å². The highest BCUT2D eigenvalue weighted by Crippen LogP contribution is 2.33. The van der Waals surface area contributed by atoms with Gasteiger partial charge in [0.1, 0.15) is 45.7 Å². The lowest BCUT2D eigenvalue weighted by Gasteiger charge is -2.06. The van der Waals surface area contributed by atoms with Gasteiger partial charge in [-0.15, -0.1) is 20.5 Å². The molecule has 0 bridgehead atoms. The first-order valence-electron chi connectivity index (χ1n) is 31.7. The first kappa shape index (κ1) is 84.8. The van der Waals surface area contributed by atoms with Gasteiger partial charge in [-0.05, 0) is 214 Å². The van der Waals surface area contributed by atoms with Crippen LogP contribution in [0.25, 0.3) is 0 Å². The van der Waals surface area contributed by atoms with E-state index in [2.05, 4.69) is 67.2 Å². The van der Waals surface area contributed by atoms with Crippen LogP contribution >= 0.6 is 11.6 Å². The van der Waals surface area contributed by atoms with Crippen LogP contribution in [0.4, 0.5) is 45.5 Å². The van der Waals surface area contributed by atoms with Crippen LogP contribution in [0.5, 0.6) is 23.0 Å². The number of ether oxygens (including phenoxy) is 3. The number of hydrogen-bond acceptors (Lipinski definition) is 22. The Morgan fingerprint density at radius 2 is 0.549 bits per heavy atom. The van der Waals surface area contributed by atoms with Crippen molar-refractivity contribution < 1.29 is 69.1 Å². The predicted molar refractivity (Wildman–Crippen MR) is 398 cm³/mol. The van der Waals surface area contributed by atoms with E-state index in [1.807, 2.05) is 111 Å². The number of nitrogens with zero attached hydrogens (tertiary/aromatic N) is 8. The minimum atomic E-state index is -0.463. The second-order valence-electron chi connectivity index (χ2n) is 22.6. The van der Waals surface area contributed by atoms with E-state index in [4.69, 9.17) is 41.1 Å². The summed E-state index contributed by atoms with van der Waals surface area (Å²) in [7, 11) is 0. The summed E-state index contributed by atoms with van der Waals surface area (Å²) < 4.78 is 15.2. The predicted octanol–water partition coefficient (Wildman–Crippen LogP) is 18.4. The van der Waals surface area contributed by atoms with E-state index in [-0.39, 0.29) is 69.4 Å². The maximum atomic E-state index is 11.4. The molecule has 0 aliphatic carbocycles. The highest BCUT2D eigenvalue weighted by atomic mass is 35.5. The Balaban J connectivity index is 0.000000347. The Morgan fingerprint density at radius 3 is 0.804 bits per heavy atom. The van der Waals surface area contributed by atoms with Gasteiger partial charge in [0.05, 0.1) is 42.6 Å². The third-order valence-corrected chi connectivity index (χ3v) is 14.0. The molecule has 102 heavy (non-hydrogen) atoms. The average Bonchev–Trinajstić information content (AvgIpc) is 0.886. The molecule has 0 atom stereocenters. The Kier molecular flexibility index (Phi) is 38.3. The molecule has 8 aromatic carbocycles. The minimum absolute atomic E-state index is 0. The number of aliphatic hydroxyl groups excluding tert-OH is 3. The number of phenolic OH excluding ortho intramolecular Hbond substituents is 4. The van der Waals surface area contributed by atoms with Crippen LogP contribution in [0, 0.1) is 13.8 Å². The van der Waals surface area contributed by atoms with Gasteiger partial charge in [0.15, 0.2) is 0 Å². The summed E-state index contributed by atoms with van der Waals surface area (Å²) in [6, 6.07) is 49.9. The maximum Gasteiger partial charge on any atom is 0.333 e. The van der Waals surface area contributed by atoms with Gasteiger partial charge >= 0.3 is 17.9 Å². The van der Waals surface area contributed by atoms with E-state index >= 15 is 0 Å². The number of aliphatic hydroxyl groups is 3. The van der Waals surface area contributed by atoms with Gasteiger partial charge in [-0.1, -0.05) is 107 Å². The van der Waals surface area contributed by atoms with Crippen molar-refractivity contribution in [3.05, 3.63) is 263 Å².